The third kappa shape index (κ3) is 5.78. The third-order valence-corrected chi connectivity index (χ3v) is 4.99. The van der Waals surface area contributed by atoms with Crippen molar-refractivity contribution in [2.45, 2.75) is 19.0 Å². The molecule has 0 bridgehead atoms. The second kappa shape index (κ2) is 9.87. The maximum atomic E-state index is 14.7. The first kappa shape index (κ1) is 23.8. The van der Waals surface area contributed by atoms with Crippen LogP contribution in [-0.4, -0.2) is 38.2 Å². The number of aromatic amines is 1. The number of halogens is 4. The largest absolute Gasteiger partial charge is 0.481 e. The number of H-pyrrole nitrogens is 1. The molecule has 0 atom stereocenters. The van der Waals surface area contributed by atoms with Crippen molar-refractivity contribution in [2.75, 3.05) is 12.4 Å². The SMILES string of the molecule is COc1ncc(NC(=O)Cc2ccc(-c3cnc(Cc4cn[nH]c4)nc3)cc2F)cc1C(F)(F)F. The summed E-state index contributed by atoms with van der Waals surface area (Å²) in [6.45, 7) is 0. The molecule has 3 heterocycles. The Labute approximate surface area is 196 Å². The van der Waals surface area contributed by atoms with Gasteiger partial charge in [0.1, 0.15) is 17.2 Å². The summed E-state index contributed by atoms with van der Waals surface area (Å²) in [5, 5.41) is 8.87. The van der Waals surface area contributed by atoms with Gasteiger partial charge in [0, 0.05) is 30.6 Å². The van der Waals surface area contributed by atoms with Crippen molar-refractivity contribution in [1.82, 2.24) is 25.1 Å². The number of hydrogen-bond donors (Lipinski definition) is 2. The van der Waals surface area contributed by atoms with Gasteiger partial charge in [-0.1, -0.05) is 12.1 Å². The number of hydrogen-bond acceptors (Lipinski definition) is 6. The van der Waals surface area contributed by atoms with E-state index in [1.807, 2.05) is 0 Å². The first-order valence-electron chi connectivity index (χ1n) is 10.2. The van der Waals surface area contributed by atoms with Crippen LogP contribution in [0.2, 0.25) is 0 Å². The van der Waals surface area contributed by atoms with Crippen molar-refractivity contribution < 1.29 is 27.1 Å². The van der Waals surface area contributed by atoms with Gasteiger partial charge in [0.05, 0.1) is 31.6 Å². The molecule has 0 saturated heterocycles. The van der Waals surface area contributed by atoms with Crippen LogP contribution in [0.25, 0.3) is 11.1 Å². The number of pyridine rings is 1. The van der Waals surface area contributed by atoms with Gasteiger partial charge in [-0.15, -0.1) is 0 Å². The molecule has 0 fully saturated rings. The van der Waals surface area contributed by atoms with Gasteiger partial charge in [-0.3, -0.25) is 9.89 Å². The minimum Gasteiger partial charge on any atom is -0.481 e. The van der Waals surface area contributed by atoms with E-state index in [9.17, 15) is 22.4 Å². The molecule has 0 aliphatic rings. The Morgan fingerprint density at radius 3 is 2.46 bits per heavy atom. The molecule has 35 heavy (non-hydrogen) atoms. The minimum absolute atomic E-state index is 0.0706. The Hall–Kier alpha value is -4.35. The van der Waals surface area contributed by atoms with Crippen LogP contribution in [0.15, 0.2) is 55.2 Å². The van der Waals surface area contributed by atoms with Crippen LogP contribution in [0.1, 0.15) is 22.5 Å². The second-order valence-corrected chi connectivity index (χ2v) is 7.48. The lowest BCUT2D eigenvalue weighted by Crippen LogP contribution is -2.17. The highest BCUT2D eigenvalue weighted by molar-refractivity contribution is 5.92. The summed E-state index contributed by atoms with van der Waals surface area (Å²) in [6.07, 6.45) is 2.96. The number of anilines is 1. The molecule has 0 saturated carbocycles. The Bertz CT molecular complexity index is 1330. The quantitative estimate of drug-likeness (QED) is 0.380. The zero-order chi connectivity index (χ0) is 25.0. The first-order chi connectivity index (χ1) is 16.7. The number of alkyl halides is 3. The van der Waals surface area contributed by atoms with Crippen LogP contribution in [-0.2, 0) is 23.8 Å². The Balaban J connectivity index is 1.43. The summed E-state index contributed by atoms with van der Waals surface area (Å²) in [5.41, 5.74) is 0.766. The Morgan fingerprint density at radius 1 is 1.06 bits per heavy atom. The molecule has 8 nitrogen and oxygen atoms in total. The Morgan fingerprint density at radius 2 is 1.83 bits per heavy atom. The number of carbonyl (C=O) groups excluding carboxylic acids is 1. The third-order valence-electron chi connectivity index (χ3n) is 4.99. The summed E-state index contributed by atoms with van der Waals surface area (Å²) in [5.74, 6) is -1.39. The molecule has 3 aromatic heterocycles. The first-order valence-corrected chi connectivity index (χ1v) is 10.2. The summed E-state index contributed by atoms with van der Waals surface area (Å²) in [7, 11) is 1.06. The number of ether oxygens (including phenoxy) is 1. The number of nitrogens with one attached hydrogen (secondary N) is 2. The zero-order valence-corrected chi connectivity index (χ0v) is 18.2. The number of carbonyl (C=O) groups is 1. The van der Waals surface area contributed by atoms with Crippen molar-refractivity contribution in [3.05, 3.63) is 83.6 Å². The smallest absolute Gasteiger partial charge is 0.421 e. The molecule has 1 aromatic carbocycles. The van der Waals surface area contributed by atoms with Gasteiger partial charge in [0.25, 0.3) is 0 Å². The molecule has 12 heteroatoms. The highest BCUT2D eigenvalue weighted by Gasteiger charge is 2.35. The lowest BCUT2D eigenvalue weighted by atomic mass is 10.0. The maximum Gasteiger partial charge on any atom is 0.421 e. The van der Waals surface area contributed by atoms with Crippen molar-refractivity contribution in [2.24, 2.45) is 0 Å². The lowest BCUT2D eigenvalue weighted by Gasteiger charge is -2.13. The molecule has 0 aliphatic heterocycles. The fraction of sp³-hybridized carbons (Fsp3) is 0.174. The average Bonchev–Trinajstić information content (AvgIpc) is 3.33. The van der Waals surface area contributed by atoms with Crippen LogP contribution in [0, 0.1) is 5.82 Å². The number of nitrogens with zero attached hydrogens (tertiary/aromatic N) is 4. The van der Waals surface area contributed by atoms with Gasteiger partial charge < -0.3 is 10.1 Å². The van der Waals surface area contributed by atoms with Crippen LogP contribution >= 0.6 is 0 Å². The van der Waals surface area contributed by atoms with E-state index in [2.05, 4.69) is 35.2 Å². The van der Waals surface area contributed by atoms with Crippen molar-refractivity contribution >= 4 is 11.6 Å². The van der Waals surface area contributed by atoms with Gasteiger partial charge in [-0.2, -0.15) is 18.3 Å². The van der Waals surface area contributed by atoms with E-state index in [1.165, 1.54) is 12.1 Å². The maximum absolute atomic E-state index is 14.7. The predicted octanol–water partition coefficient (Wildman–Crippen LogP) is 4.20. The van der Waals surface area contributed by atoms with Gasteiger partial charge >= 0.3 is 6.18 Å². The molecule has 1 amide bonds. The van der Waals surface area contributed by atoms with Crippen molar-refractivity contribution in [3.63, 3.8) is 0 Å². The van der Waals surface area contributed by atoms with Crippen LogP contribution in [0.3, 0.4) is 0 Å². The summed E-state index contributed by atoms with van der Waals surface area (Å²) >= 11 is 0. The molecular weight excluding hydrogens is 468 g/mol. The van der Waals surface area contributed by atoms with E-state index >= 15 is 0 Å². The number of aromatic nitrogens is 5. The van der Waals surface area contributed by atoms with Crippen molar-refractivity contribution in [1.29, 1.82) is 0 Å². The van der Waals surface area contributed by atoms with Crippen molar-refractivity contribution in [3.8, 4) is 17.0 Å². The number of methoxy groups -OCH3 is 1. The van der Waals surface area contributed by atoms with E-state index in [1.54, 1.807) is 30.9 Å². The summed E-state index contributed by atoms with van der Waals surface area (Å²) in [6, 6.07) is 4.99. The second-order valence-electron chi connectivity index (χ2n) is 7.48. The van der Waals surface area contributed by atoms with E-state index in [-0.39, 0.29) is 17.7 Å². The monoisotopic (exact) mass is 486 g/mol. The zero-order valence-electron chi connectivity index (χ0n) is 18.2. The van der Waals surface area contributed by atoms with Crippen LogP contribution in [0.5, 0.6) is 5.88 Å². The molecular formula is C23H18F4N6O2. The average molecular weight is 486 g/mol. The molecule has 0 spiro atoms. The summed E-state index contributed by atoms with van der Waals surface area (Å²) in [4.78, 5) is 24.5. The fourth-order valence-electron chi connectivity index (χ4n) is 3.29. The van der Waals surface area contributed by atoms with Gasteiger partial charge in [0.2, 0.25) is 11.8 Å². The van der Waals surface area contributed by atoms with Crippen LogP contribution in [0.4, 0.5) is 23.2 Å². The van der Waals surface area contributed by atoms with Gasteiger partial charge in [-0.25, -0.2) is 19.3 Å². The highest BCUT2D eigenvalue weighted by atomic mass is 19.4. The Kier molecular flexibility index (Phi) is 6.71. The predicted molar refractivity (Wildman–Crippen MR) is 117 cm³/mol. The fourth-order valence-corrected chi connectivity index (χ4v) is 3.29. The number of amides is 1. The number of benzene rings is 1. The minimum atomic E-state index is -4.72. The molecule has 0 aliphatic carbocycles. The summed E-state index contributed by atoms with van der Waals surface area (Å²) < 4.78 is 58.7. The van der Waals surface area contributed by atoms with Crippen LogP contribution < -0.4 is 10.1 Å². The number of rotatable bonds is 7. The molecule has 0 unspecified atom stereocenters. The normalized spacial score (nSPS) is 11.3. The molecule has 0 radical (unpaired) electrons. The van der Waals surface area contributed by atoms with E-state index < -0.39 is 29.3 Å². The van der Waals surface area contributed by atoms with E-state index in [0.717, 1.165) is 18.9 Å². The topological polar surface area (TPSA) is 106 Å². The standard InChI is InChI=1S/C23H18F4N6O2/c1-35-22-18(23(25,26)27)7-17(12-30-22)33-21(34)6-15-3-2-14(5-19(15)24)16-10-28-20(29-11-16)4-13-8-31-32-9-13/h2-3,5,7-12H,4,6H2,1H3,(H,31,32)(H,33,34). The molecule has 2 N–H and O–H groups in total. The highest BCUT2D eigenvalue weighted by Crippen LogP contribution is 2.36. The molecule has 4 aromatic rings. The van der Waals surface area contributed by atoms with Gasteiger partial charge in [-0.05, 0) is 28.8 Å². The van der Waals surface area contributed by atoms with E-state index in [4.69, 9.17) is 0 Å². The molecule has 4 rings (SSSR count). The lowest BCUT2D eigenvalue weighted by molar-refractivity contribution is -0.139. The molecule has 180 valence electrons. The van der Waals surface area contributed by atoms with Gasteiger partial charge in [0.15, 0.2) is 0 Å². The van der Waals surface area contributed by atoms with E-state index in [0.29, 0.717) is 29.4 Å².